The van der Waals surface area contributed by atoms with Crippen LogP contribution in [0.3, 0.4) is 0 Å². The first-order valence-electron chi connectivity index (χ1n) is 6.85. The molecule has 0 fully saturated rings. The minimum Gasteiger partial charge on any atom is -0.389 e. The SMILES string of the molecule is CC(C)COCC(O)CNC(=O)Cc1c(Cl)cccc1Cl. The fourth-order valence-corrected chi connectivity index (χ4v) is 2.19. The summed E-state index contributed by atoms with van der Waals surface area (Å²) < 4.78 is 5.30. The molecule has 1 aromatic rings. The third kappa shape index (κ3) is 7.14. The first kappa shape index (κ1) is 18.2. The van der Waals surface area contributed by atoms with Crippen molar-refractivity contribution in [1.29, 1.82) is 0 Å². The molecule has 2 N–H and O–H groups in total. The van der Waals surface area contributed by atoms with Crippen LogP contribution in [0.5, 0.6) is 0 Å². The van der Waals surface area contributed by atoms with Gasteiger partial charge >= 0.3 is 0 Å². The lowest BCUT2D eigenvalue weighted by molar-refractivity contribution is -0.121. The number of hydrogen-bond acceptors (Lipinski definition) is 3. The standard InChI is InChI=1S/C15H21Cl2NO3/c1-10(2)8-21-9-11(19)7-18-15(20)6-12-13(16)4-3-5-14(12)17/h3-5,10-11,19H,6-9H2,1-2H3,(H,18,20). The Morgan fingerprint density at radius 1 is 1.29 bits per heavy atom. The van der Waals surface area contributed by atoms with Crippen LogP contribution in [0.4, 0.5) is 0 Å². The van der Waals surface area contributed by atoms with Gasteiger partial charge in [-0.2, -0.15) is 0 Å². The second kappa shape index (κ2) is 9.26. The molecule has 0 saturated carbocycles. The Balaban J connectivity index is 2.34. The lowest BCUT2D eigenvalue weighted by Gasteiger charge is -2.14. The highest BCUT2D eigenvalue weighted by Crippen LogP contribution is 2.24. The summed E-state index contributed by atoms with van der Waals surface area (Å²) in [6.45, 7) is 4.98. The van der Waals surface area contributed by atoms with Gasteiger partial charge in [0.2, 0.25) is 5.91 Å². The van der Waals surface area contributed by atoms with Crippen LogP contribution in [0, 0.1) is 5.92 Å². The minimum atomic E-state index is -0.727. The van der Waals surface area contributed by atoms with Crippen molar-refractivity contribution < 1.29 is 14.6 Å². The molecule has 4 nitrogen and oxygen atoms in total. The number of halogens is 2. The van der Waals surface area contributed by atoms with Crippen LogP contribution in [0.1, 0.15) is 19.4 Å². The number of benzene rings is 1. The van der Waals surface area contributed by atoms with E-state index in [0.29, 0.717) is 28.1 Å². The van der Waals surface area contributed by atoms with E-state index >= 15 is 0 Å². The average Bonchev–Trinajstić information content (AvgIpc) is 2.40. The molecule has 0 spiro atoms. The third-order valence-electron chi connectivity index (χ3n) is 2.70. The molecule has 1 rings (SSSR count). The van der Waals surface area contributed by atoms with E-state index in [0.717, 1.165) is 0 Å². The molecule has 0 bridgehead atoms. The van der Waals surface area contributed by atoms with Gasteiger partial charge < -0.3 is 15.2 Å². The fourth-order valence-electron chi connectivity index (χ4n) is 1.65. The zero-order valence-electron chi connectivity index (χ0n) is 12.2. The summed E-state index contributed by atoms with van der Waals surface area (Å²) in [4.78, 5) is 11.8. The molecular formula is C15H21Cl2NO3. The number of amides is 1. The second-order valence-corrected chi connectivity index (χ2v) is 6.08. The molecule has 1 unspecified atom stereocenters. The molecule has 1 aromatic carbocycles. The summed E-state index contributed by atoms with van der Waals surface area (Å²) in [5, 5.41) is 13.2. The molecular weight excluding hydrogens is 313 g/mol. The Morgan fingerprint density at radius 3 is 2.48 bits per heavy atom. The smallest absolute Gasteiger partial charge is 0.224 e. The maximum Gasteiger partial charge on any atom is 0.224 e. The van der Waals surface area contributed by atoms with E-state index in [1.807, 2.05) is 13.8 Å². The van der Waals surface area contributed by atoms with Gasteiger partial charge in [-0.3, -0.25) is 4.79 Å². The molecule has 118 valence electrons. The number of ether oxygens (including phenoxy) is 1. The van der Waals surface area contributed by atoms with Crippen LogP contribution >= 0.6 is 23.2 Å². The van der Waals surface area contributed by atoms with E-state index < -0.39 is 6.10 Å². The van der Waals surface area contributed by atoms with Crippen LogP contribution in [-0.2, 0) is 16.0 Å². The Labute approximate surface area is 135 Å². The normalized spacial score (nSPS) is 12.5. The molecule has 0 aliphatic carbocycles. The number of carbonyl (C=O) groups excluding carboxylic acids is 1. The largest absolute Gasteiger partial charge is 0.389 e. The molecule has 0 radical (unpaired) electrons. The van der Waals surface area contributed by atoms with E-state index in [1.165, 1.54) is 0 Å². The maximum absolute atomic E-state index is 11.8. The van der Waals surface area contributed by atoms with Crippen molar-refractivity contribution in [2.75, 3.05) is 19.8 Å². The molecule has 0 saturated heterocycles. The minimum absolute atomic E-state index is 0.0814. The average molecular weight is 334 g/mol. The summed E-state index contributed by atoms with van der Waals surface area (Å²) in [5.74, 6) is 0.169. The van der Waals surface area contributed by atoms with Crippen molar-refractivity contribution in [1.82, 2.24) is 5.32 Å². The van der Waals surface area contributed by atoms with Crippen molar-refractivity contribution in [3.8, 4) is 0 Å². The number of hydrogen-bond donors (Lipinski definition) is 2. The molecule has 0 heterocycles. The molecule has 6 heteroatoms. The quantitative estimate of drug-likeness (QED) is 0.768. The molecule has 1 atom stereocenters. The van der Waals surface area contributed by atoms with Crippen LogP contribution in [0.2, 0.25) is 10.0 Å². The summed E-state index contributed by atoms with van der Waals surface area (Å²) in [7, 11) is 0. The predicted octanol–water partition coefficient (Wildman–Crippen LogP) is 2.69. The lowest BCUT2D eigenvalue weighted by Crippen LogP contribution is -2.35. The molecule has 0 aliphatic heterocycles. The van der Waals surface area contributed by atoms with Gasteiger partial charge in [0, 0.05) is 23.2 Å². The number of aliphatic hydroxyl groups is 1. The van der Waals surface area contributed by atoms with Gasteiger partial charge in [0.25, 0.3) is 0 Å². The van der Waals surface area contributed by atoms with E-state index in [4.69, 9.17) is 27.9 Å². The number of rotatable bonds is 8. The lowest BCUT2D eigenvalue weighted by atomic mass is 10.1. The van der Waals surface area contributed by atoms with Gasteiger partial charge in [-0.1, -0.05) is 43.1 Å². The van der Waals surface area contributed by atoms with Crippen molar-refractivity contribution in [2.45, 2.75) is 26.4 Å². The second-order valence-electron chi connectivity index (χ2n) is 5.27. The van der Waals surface area contributed by atoms with E-state index in [1.54, 1.807) is 18.2 Å². The molecule has 21 heavy (non-hydrogen) atoms. The van der Waals surface area contributed by atoms with Crippen LogP contribution in [-0.4, -0.2) is 36.9 Å². The molecule has 1 amide bonds. The Morgan fingerprint density at radius 2 is 1.90 bits per heavy atom. The zero-order chi connectivity index (χ0) is 15.8. The Bertz CT molecular complexity index is 446. The van der Waals surface area contributed by atoms with Crippen LogP contribution in [0.25, 0.3) is 0 Å². The van der Waals surface area contributed by atoms with Gasteiger partial charge in [-0.15, -0.1) is 0 Å². The van der Waals surface area contributed by atoms with Crippen molar-refractivity contribution in [3.05, 3.63) is 33.8 Å². The summed E-state index contributed by atoms with van der Waals surface area (Å²) >= 11 is 12.0. The van der Waals surface area contributed by atoms with Gasteiger partial charge in [0.1, 0.15) is 0 Å². The van der Waals surface area contributed by atoms with Gasteiger partial charge in [0.15, 0.2) is 0 Å². The zero-order valence-corrected chi connectivity index (χ0v) is 13.7. The van der Waals surface area contributed by atoms with Gasteiger partial charge in [0.05, 0.1) is 19.1 Å². The summed E-state index contributed by atoms with van der Waals surface area (Å²) in [6.07, 6.45) is -0.646. The van der Waals surface area contributed by atoms with Crippen LogP contribution in [0.15, 0.2) is 18.2 Å². The van der Waals surface area contributed by atoms with Gasteiger partial charge in [-0.05, 0) is 23.6 Å². The Kier molecular flexibility index (Phi) is 8.04. The summed E-state index contributed by atoms with van der Waals surface area (Å²) in [6, 6.07) is 5.09. The number of aliphatic hydroxyl groups excluding tert-OH is 1. The van der Waals surface area contributed by atoms with Crippen molar-refractivity contribution in [2.24, 2.45) is 5.92 Å². The van der Waals surface area contributed by atoms with Gasteiger partial charge in [-0.25, -0.2) is 0 Å². The van der Waals surface area contributed by atoms with Crippen LogP contribution < -0.4 is 5.32 Å². The molecule has 0 aliphatic rings. The predicted molar refractivity (Wildman–Crippen MR) is 84.8 cm³/mol. The number of carbonyl (C=O) groups is 1. The first-order chi connectivity index (χ1) is 9.90. The third-order valence-corrected chi connectivity index (χ3v) is 3.40. The van der Waals surface area contributed by atoms with E-state index in [-0.39, 0.29) is 25.5 Å². The van der Waals surface area contributed by atoms with Crippen molar-refractivity contribution >= 4 is 29.1 Å². The first-order valence-corrected chi connectivity index (χ1v) is 7.61. The van der Waals surface area contributed by atoms with E-state index in [9.17, 15) is 9.90 Å². The highest BCUT2D eigenvalue weighted by molar-refractivity contribution is 6.36. The van der Waals surface area contributed by atoms with Crippen molar-refractivity contribution in [3.63, 3.8) is 0 Å². The molecule has 0 aromatic heterocycles. The van der Waals surface area contributed by atoms with E-state index in [2.05, 4.69) is 5.32 Å². The number of nitrogens with one attached hydrogen (secondary N) is 1. The maximum atomic E-state index is 11.8. The topological polar surface area (TPSA) is 58.6 Å². The highest BCUT2D eigenvalue weighted by atomic mass is 35.5. The fraction of sp³-hybridized carbons (Fsp3) is 0.533. The Hall–Kier alpha value is -0.810. The summed E-state index contributed by atoms with van der Waals surface area (Å²) in [5.41, 5.74) is 0.587. The monoisotopic (exact) mass is 333 g/mol. The highest BCUT2D eigenvalue weighted by Gasteiger charge is 2.12.